The molecule has 1 aromatic carbocycles. The highest BCUT2D eigenvalue weighted by molar-refractivity contribution is 6.26. The molecule has 7 heteroatoms. The summed E-state index contributed by atoms with van der Waals surface area (Å²) in [4.78, 5) is 47.8. The number of carbonyl (C=O) groups is 4. The van der Waals surface area contributed by atoms with Crippen molar-refractivity contribution in [2.75, 3.05) is 0 Å². The quantitative estimate of drug-likeness (QED) is 0.696. The molecule has 0 fully saturated rings. The number of aromatic hydroxyl groups is 1. The van der Waals surface area contributed by atoms with Crippen molar-refractivity contribution >= 4 is 23.6 Å². The lowest BCUT2D eigenvalue weighted by Crippen LogP contribution is -2.43. The van der Waals surface area contributed by atoms with Gasteiger partial charge in [-0.1, -0.05) is 6.07 Å². The van der Waals surface area contributed by atoms with Crippen molar-refractivity contribution in [3.8, 4) is 5.75 Å². The van der Waals surface area contributed by atoms with E-state index in [9.17, 15) is 24.3 Å². The van der Waals surface area contributed by atoms with Gasteiger partial charge >= 0.3 is 0 Å². The zero-order valence-corrected chi connectivity index (χ0v) is 10.0. The van der Waals surface area contributed by atoms with Crippen molar-refractivity contribution < 1.29 is 24.3 Å². The number of phenols is 1. The number of benzene rings is 1. The molecule has 0 spiro atoms. The highest BCUT2D eigenvalue weighted by Crippen LogP contribution is 2.32. The van der Waals surface area contributed by atoms with Crippen LogP contribution in [-0.2, 0) is 9.59 Å². The topological polar surface area (TPSA) is 104 Å². The number of fused-ring (bicyclic) bond motifs is 1. The van der Waals surface area contributed by atoms with Crippen LogP contribution in [0.2, 0.25) is 0 Å². The molecule has 0 saturated carbocycles. The van der Waals surface area contributed by atoms with Crippen LogP contribution in [0.4, 0.5) is 0 Å². The number of rotatable bonds is 1. The summed E-state index contributed by atoms with van der Waals surface area (Å²) in [6, 6.07) is 4.11. The maximum atomic E-state index is 12.2. The second kappa shape index (κ2) is 4.02. The van der Waals surface area contributed by atoms with Gasteiger partial charge < -0.3 is 5.11 Å². The summed E-state index contributed by atoms with van der Waals surface area (Å²) in [6.45, 7) is 0. The van der Waals surface area contributed by atoms with E-state index in [2.05, 4.69) is 0 Å². The zero-order chi connectivity index (χ0) is 14.4. The Morgan fingerprint density at radius 3 is 2.50 bits per heavy atom. The first-order chi connectivity index (χ1) is 9.50. The fourth-order valence-corrected chi connectivity index (χ4v) is 2.20. The van der Waals surface area contributed by atoms with Gasteiger partial charge in [-0.2, -0.15) is 0 Å². The van der Waals surface area contributed by atoms with Crippen molar-refractivity contribution in [2.24, 2.45) is 0 Å². The average molecular weight is 272 g/mol. The lowest BCUT2D eigenvalue weighted by atomic mass is 10.1. The molecular formula is C13H8N2O5. The van der Waals surface area contributed by atoms with Gasteiger partial charge in [0, 0.05) is 6.42 Å². The predicted octanol–water partition coefficient (Wildman–Crippen LogP) is -0.0814. The van der Waals surface area contributed by atoms with Crippen LogP contribution in [0.3, 0.4) is 0 Å². The Kier molecular flexibility index (Phi) is 2.43. The Bertz CT molecular complexity index is 719. The molecule has 0 radical (unpaired) electrons. The van der Waals surface area contributed by atoms with Crippen LogP contribution >= 0.6 is 0 Å². The summed E-state index contributed by atoms with van der Waals surface area (Å²) in [5.74, 6) is -3.11. The number of nitrogens with one attached hydrogen (secondary N) is 1. The second-order valence-electron chi connectivity index (χ2n) is 4.32. The standard InChI is InChI=1S/C13H8N2O5/c16-8-3-1-2-6-10(8)13(20)15(12(6)19)7-4-5-9(17)14-11(7)18/h1-4,16H,5H2,(H,14,17,18). The number of amides is 4. The molecule has 7 nitrogen and oxygen atoms in total. The maximum Gasteiger partial charge on any atom is 0.274 e. The van der Waals surface area contributed by atoms with E-state index in [1.165, 1.54) is 24.3 Å². The second-order valence-corrected chi connectivity index (χ2v) is 4.32. The van der Waals surface area contributed by atoms with E-state index in [1.54, 1.807) is 0 Å². The summed E-state index contributed by atoms with van der Waals surface area (Å²) in [7, 11) is 0. The Labute approximate surface area is 112 Å². The summed E-state index contributed by atoms with van der Waals surface area (Å²) >= 11 is 0. The van der Waals surface area contributed by atoms with E-state index in [1.807, 2.05) is 5.32 Å². The van der Waals surface area contributed by atoms with Crippen LogP contribution in [-0.4, -0.2) is 33.6 Å². The van der Waals surface area contributed by atoms with E-state index in [0.717, 1.165) is 0 Å². The molecule has 2 heterocycles. The number of carbonyl (C=O) groups excluding carboxylic acids is 4. The smallest absolute Gasteiger partial charge is 0.274 e. The van der Waals surface area contributed by atoms with Gasteiger partial charge in [0.2, 0.25) is 5.91 Å². The average Bonchev–Trinajstić information content (AvgIpc) is 2.64. The Morgan fingerprint density at radius 2 is 1.85 bits per heavy atom. The normalized spacial score (nSPS) is 18.0. The van der Waals surface area contributed by atoms with Crippen LogP contribution in [0.15, 0.2) is 30.0 Å². The number of imide groups is 2. The van der Waals surface area contributed by atoms with Gasteiger partial charge in [0.15, 0.2) is 0 Å². The number of hydrogen-bond donors (Lipinski definition) is 2. The number of phenolic OH excluding ortho intramolecular Hbond substituents is 1. The highest BCUT2D eigenvalue weighted by Gasteiger charge is 2.42. The van der Waals surface area contributed by atoms with E-state index in [0.29, 0.717) is 4.90 Å². The van der Waals surface area contributed by atoms with Crippen molar-refractivity contribution in [3.05, 3.63) is 41.1 Å². The fourth-order valence-electron chi connectivity index (χ4n) is 2.20. The van der Waals surface area contributed by atoms with Gasteiger partial charge in [-0.15, -0.1) is 0 Å². The van der Waals surface area contributed by atoms with Crippen molar-refractivity contribution in [1.29, 1.82) is 0 Å². The molecule has 20 heavy (non-hydrogen) atoms. The zero-order valence-electron chi connectivity index (χ0n) is 10.0. The van der Waals surface area contributed by atoms with Crippen molar-refractivity contribution in [3.63, 3.8) is 0 Å². The SMILES string of the molecule is O=C1CC=C(N2C(=O)c3cccc(O)c3C2=O)C(=O)N1. The number of hydrogen-bond acceptors (Lipinski definition) is 5. The van der Waals surface area contributed by atoms with Gasteiger partial charge in [0.1, 0.15) is 11.4 Å². The first kappa shape index (κ1) is 12.1. The molecule has 0 aliphatic carbocycles. The third-order valence-corrected chi connectivity index (χ3v) is 3.10. The molecule has 2 aliphatic heterocycles. The lowest BCUT2D eigenvalue weighted by Gasteiger charge is -2.19. The summed E-state index contributed by atoms with van der Waals surface area (Å²) < 4.78 is 0. The van der Waals surface area contributed by atoms with Crippen LogP contribution in [0.5, 0.6) is 5.75 Å². The minimum Gasteiger partial charge on any atom is -0.507 e. The molecule has 0 atom stereocenters. The van der Waals surface area contributed by atoms with Crippen molar-refractivity contribution in [2.45, 2.75) is 6.42 Å². The highest BCUT2D eigenvalue weighted by atomic mass is 16.3. The molecule has 100 valence electrons. The van der Waals surface area contributed by atoms with E-state index in [4.69, 9.17) is 0 Å². The predicted molar refractivity (Wildman–Crippen MR) is 64.5 cm³/mol. The minimum absolute atomic E-state index is 0.0283. The molecule has 0 bridgehead atoms. The van der Waals surface area contributed by atoms with E-state index in [-0.39, 0.29) is 29.0 Å². The van der Waals surface area contributed by atoms with Gasteiger partial charge in [-0.05, 0) is 18.2 Å². The minimum atomic E-state index is -0.810. The first-order valence-corrected chi connectivity index (χ1v) is 5.76. The fraction of sp³-hybridized carbons (Fsp3) is 0.0769. The van der Waals surface area contributed by atoms with E-state index < -0.39 is 23.6 Å². The summed E-state index contributed by atoms with van der Waals surface area (Å²) in [5, 5.41) is 11.7. The molecule has 2 N–H and O–H groups in total. The third kappa shape index (κ3) is 1.53. The Hall–Kier alpha value is -2.96. The molecule has 2 aliphatic rings. The molecule has 4 amide bonds. The van der Waals surface area contributed by atoms with Crippen LogP contribution < -0.4 is 5.32 Å². The van der Waals surface area contributed by atoms with Gasteiger partial charge in [0.05, 0.1) is 11.1 Å². The van der Waals surface area contributed by atoms with Crippen molar-refractivity contribution in [1.82, 2.24) is 10.2 Å². The Morgan fingerprint density at radius 1 is 1.10 bits per heavy atom. The lowest BCUT2D eigenvalue weighted by molar-refractivity contribution is -0.129. The molecule has 0 saturated heterocycles. The van der Waals surface area contributed by atoms with Gasteiger partial charge in [0.25, 0.3) is 17.7 Å². The molecule has 1 aromatic rings. The van der Waals surface area contributed by atoms with Gasteiger partial charge in [-0.25, -0.2) is 4.90 Å². The molecule has 0 unspecified atom stereocenters. The Balaban J connectivity index is 2.09. The molecule has 3 rings (SSSR count). The van der Waals surface area contributed by atoms with Crippen LogP contribution in [0, 0.1) is 0 Å². The molecular weight excluding hydrogens is 264 g/mol. The first-order valence-electron chi connectivity index (χ1n) is 5.76. The summed E-state index contributed by atoms with van der Waals surface area (Å²) in [5.41, 5.74) is -0.307. The monoisotopic (exact) mass is 272 g/mol. The van der Waals surface area contributed by atoms with E-state index >= 15 is 0 Å². The number of nitrogens with zero attached hydrogens (tertiary/aromatic N) is 1. The maximum absolute atomic E-state index is 12.2. The van der Waals surface area contributed by atoms with Crippen LogP contribution in [0.1, 0.15) is 27.1 Å². The largest absolute Gasteiger partial charge is 0.507 e. The third-order valence-electron chi connectivity index (χ3n) is 3.10. The summed E-state index contributed by atoms with van der Waals surface area (Å²) in [6.07, 6.45) is 1.13. The van der Waals surface area contributed by atoms with Gasteiger partial charge in [-0.3, -0.25) is 24.5 Å². The molecule has 0 aromatic heterocycles. The van der Waals surface area contributed by atoms with Crippen LogP contribution in [0.25, 0.3) is 0 Å².